The van der Waals surface area contributed by atoms with Crippen molar-refractivity contribution in [1.29, 1.82) is 0 Å². The van der Waals surface area contributed by atoms with Gasteiger partial charge in [-0.3, -0.25) is 19.4 Å². The van der Waals surface area contributed by atoms with Crippen molar-refractivity contribution in [2.75, 3.05) is 13.3 Å². The predicted molar refractivity (Wildman–Crippen MR) is 60.0 cm³/mol. The second kappa shape index (κ2) is 4.47. The Kier molecular flexibility index (Phi) is 3.07. The molecule has 0 aromatic carbocycles. The highest BCUT2D eigenvalue weighted by atomic mass is 16.7. The number of carbonyl (C=O) groups excluding carboxylic acids is 2. The van der Waals surface area contributed by atoms with E-state index in [-0.39, 0.29) is 6.67 Å². The maximum atomic E-state index is 11.6. The van der Waals surface area contributed by atoms with Crippen LogP contribution in [-0.2, 0) is 9.59 Å². The largest absolute Gasteiger partial charge is 0.296 e. The van der Waals surface area contributed by atoms with E-state index in [9.17, 15) is 29.8 Å². The van der Waals surface area contributed by atoms with Gasteiger partial charge in [0.15, 0.2) is 10.1 Å². The van der Waals surface area contributed by atoms with E-state index in [0.717, 1.165) is 9.80 Å². The lowest BCUT2D eigenvalue weighted by atomic mass is 10.3. The van der Waals surface area contributed by atoms with Crippen molar-refractivity contribution >= 4 is 11.8 Å². The average molecular weight is 288 g/mol. The number of hydrogen-bond donors (Lipinski definition) is 0. The second-order valence-electron chi connectivity index (χ2n) is 4.44. The summed E-state index contributed by atoms with van der Waals surface area (Å²) in [6.45, 7) is 1.55. The Morgan fingerprint density at radius 2 is 1.25 bits per heavy atom. The van der Waals surface area contributed by atoms with Crippen LogP contribution < -0.4 is 0 Å². The topological polar surface area (TPSA) is 133 Å². The molecule has 2 heterocycles. The summed E-state index contributed by atoms with van der Waals surface area (Å²) < 4.78 is 0. The molecule has 2 amide bonds. The van der Waals surface area contributed by atoms with Gasteiger partial charge in [0.05, 0.1) is 0 Å². The number of amides is 2. The van der Waals surface area contributed by atoms with E-state index in [0.29, 0.717) is 10.0 Å². The number of fused-ring (bicyclic) bond motifs is 1. The first-order chi connectivity index (χ1) is 9.25. The van der Waals surface area contributed by atoms with Crippen molar-refractivity contribution in [3.8, 4) is 0 Å². The molecule has 0 aromatic heterocycles. The summed E-state index contributed by atoms with van der Waals surface area (Å²) in [4.78, 5) is 47.2. The lowest BCUT2D eigenvalue weighted by molar-refractivity contribution is -0.697. The fraction of sp³-hybridized carbons (Fsp3) is 0.750. The van der Waals surface area contributed by atoms with Crippen LogP contribution in [0.3, 0.4) is 0 Å². The first kappa shape index (κ1) is 13.8. The Morgan fingerprint density at radius 1 is 0.900 bits per heavy atom. The van der Waals surface area contributed by atoms with E-state index in [2.05, 4.69) is 0 Å². The van der Waals surface area contributed by atoms with Gasteiger partial charge in [0.1, 0.15) is 6.67 Å². The van der Waals surface area contributed by atoms with E-state index in [1.165, 1.54) is 13.8 Å². The Hall–Kier alpha value is -2.66. The Labute approximate surface area is 112 Å². The van der Waals surface area contributed by atoms with Crippen LogP contribution in [0, 0.1) is 20.2 Å². The van der Waals surface area contributed by atoms with Crippen molar-refractivity contribution < 1.29 is 19.7 Å². The molecule has 2 atom stereocenters. The Morgan fingerprint density at radius 3 is 1.50 bits per heavy atom. The summed E-state index contributed by atoms with van der Waals surface area (Å²) in [7, 11) is 0. The van der Waals surface area contributed by atoms with Gasteiger partial charge in [0.25, 0.3) is 0 Å². The molecule has 0 aromatic rings. The molecule has 2 rings (SSSR count). The smallest absolute Gasteiger partial charge is 0.222 e. The van der Waals surface area contributed by atoms with Crippen LogP contribution in [0.2, 0.25) is 0 Å². The zero-order valence-electron chi connectivity index (χ0n) is 10.7. The minimum atomic E-state index is -1.17. The summed E-state index contributed by atoms with van der Waals surface area (Å²) in [5, 5.41) is 21.5. The summed E-state index contributed by atoms with van der Waals surface area (Å²) in [6, 6.07) is 0. The summed E-state index contributed by atoms with van der Waals surface area (Å²) >= 11 is 0. The molecule has 12 nitrogen and oxygen atoms in total. The van der Waals surface area contributed by atoms with Crippen LogP contribution in [0.1, 0.15) is 13.8 Å². The lowest BCUT2D eigenvalue weighted by Gasteiger charge is -2.22. The molecule has 110 valence electrons. The van der Waals surface area contributed by atoms with Crippen molar-refractivity contribution in [2.45, 2.75) is 26.2 Å². The molecule has 0 saturated carbocycles. The molecule has 2 saturated heterocycles. The summed E-state index contributed by atoms with van der Waals surface area (Å²) in [5.41, 5.74) is 0. The van der Waals surface area contributed by atoms with Gasteiger partial charge in [0, 0.05) is 13.8 Å². The van der Waals surface area contributed by atoms with Gasteiger partial charge in [-0.15, -0.1) is 0 Å². The zero-order valence-corrected chi connectivity index (χ0v) is 10.7. The molecule has 0 unspecified atom stereocenters. The third-order valence-electron chi connectivity index (χ3n) is 3.34. The molecular formula is C8H12N6O6. The molecule has 0 aliphatic carbocycles. The molecule has 12 heteroatoms. The van der Waals surface area contributed by atoms with E-state index < -0.39 is 40.9 Å². The standard InChI is InChI=1S/C8H12N6O6/c1-5(15)9-3-10(6(2)16)8-7(9)11(13(17)18)4-12(8)14(19)20/h7-8H,3-4H2,1-2H3/t7-,8+. The van der Waals surface area contributed by atoms with Gasteiger partial charge in [-0.1, -0.05) is 10.0 Å². The van der Waals surface area contributed by atoms with Crippen LogP contribution in [0.5, 0.6) is 0 Å². The normalized spacial score (nSPS) is 24.9. The third-order valence-corrected chi connectivity index (χ3v) is 3.34. The molecule has 0 radical (unpaired) electrons. The molecular weight excluding hydrogens is 276 g/mol. The summed E-state index contributed by atoms with van der Waals surface area (Å²) in [6.07, 6.45) is -2.34. The van der Waals surface area contributed by atoms with Gasteiger partial charge in [-0.2, -0.15) is 0 Å². The van der Waals surface area contributed by atoms with Gasteiger partial charge >= 0.3 is 0 Å². The molecule has 2 fully saturated rings. The number of hydrazine groups is 2. The van der Waals surface area contributed by atoms with Crippen LogP contribution >= 0.6 is 0 Å². The van der Waals surface area contributed by atoms with E-state index in [1.807, 2.05) is 0 Å². The van der Waals surface area contributed by atoms with Crippen LogP contribution in [0.4, 0.5) is 0 Å². The highest BCUT2D eigenvalue weighted by molar-refractivity contribution is 5.78. The first-order valence-electron chi connectivity index (χ1n) is 5.62. The number of nitro groups is 2. The third kappa shape index (κ3) is 1.85. The lowest BCUT2D eigenvalue weighted by Crippen LogP contribution is -2.49. The molecule has 20 heavy (non-hydrogen) atoms. The zero-order chi connectivity index (χ0) is 15.2. The quantitative estimate of drug-likeness (QED) is 0.432. The van der Waals surface area contributed by atoms with Crippen molar-refractivity contribution in [1.82, 2.24) is 19.8 Å². The summed E-state index contributed by atoms with van der Waals surface area (Å²) in [5.74, 6) is -0.999. The minimum Gasteiger partial charge on any atom is -0.296 e. The number of nitrogens with zero attached hydrogens (tertiary/aromatic N) is 6. The maximum Gasteiger partial charge on any atom is 0.222 e. The fourth-order valence-electron chi connectivity index (χ4n) is 2.47. The molecule has 0 bridgehead atoms. The highest BCUT2D eigenvalue weighted by Gasteiger charge is 2.62. The molecule has 0 spiro atoms. The van der Waals surface area contributed by atoms with Gasteiger partial charge in [-0.05, 0) is 0 Å². The maximum absolute atomic E-state index is 11.6. The SMILES string of the molecule is CC(=O)N1CN(C(C)=O)[C@@H]2[C@H]1N([N+](=O)[O-])CN2[N+](=O)[O-]. The predicted octanol–water partition coefficient (Wildman–Crippen LogP) is -1.73. The van der Waals surface area contributed by atoms with Crippen LogP contribution in [0.25, 0.3) is 0 Å². The van der Waals surface area contributed by atoms with E-state index in [1.54, 1.807) is 0 Å². The van der Waals surface area contributed by atoms with Gasteiger partial charge in [-0.25, -0.2) is 20.2 Å². The molecule has 2 aliphatic heterocycles. The van der Waals surface area contributed by atoms with Gasteiger partial charge < -0.3 is 0 Å². The van der Waals surface area contributed by atoms with E-state index >= 15 is 0 Å². The average Bonchev–Trinajstić information content (AvgIpc) is 2.83. The molecule has 0 N–H and O–H groups in total. The fourth-order valence-corrected chi connectivity index (χ4v) is 2.47. The van der Waals surface area contributed by atoms with Crippen LogP contribution in [-0.4, -0.2) is 67.4 Å². The number of carbonyl (C=O) groups is 2. The number of rotatable bonds is 2. The Bertz CT molecular complexity index is 412. The van der Waals surface area contributed by atoms with Crippen LogP contribution in [0.15, 0.2) is 0 Å². The molecule has 2 aliphatic rings. The van der Waals surface area contributed by atoms with Crippen molar-refractivity contribution in [3.63, 3.8) is 0 Å². The van der Waals surface area contributed by atoms with Gasteiger partial charge in [0.2, 0.25) is 30.8 Å². The van der Waals surface area contributed by atoms with Crippen molar-refractivity contribution in [2.24, 2.45) is 0 Å². The minimum absolute atomic E-state index is 0.214. The monoisotopic (exact) mass is 288 g/mol. The highest BCUT2D eigenvalue weighted by Crippen LogP contribution is 2.32. The first-order valence-corrected chi connectivity index (χ1v) is 5.62. The number of hydrogen-bond acceptors (Lipinski definition) is 6. The van der Waals surface area contributed by atoms with Crippen molar-refractivity contribution in [3.05, 3.63) is 20.2 Å². The van der Waals surface area contributed by atoms with E-state index in [4.69, 9.17) is 0 Å². The Balaban J connectivity index is 2.45. The second-order valence-corrected chi connectivity index (χ2v) is 4.44.